The Morgan fingerprint density at radius 3 is 2.54 bits per heavy atom. The van der Waals surface area contributed by atoms with Gasteiger partial charge in [0.2, 0.25) is 5.91 Å². The highest BCUT2D eigenvalue weighted by Crippen LogP contribution is 2.19. The Hall–Kier alpha value is -3.09. The van der Waals surface area contributed by atoms with Gasteiger partial charge in [-0.05, 0) is 49.2 Å². The van der Waals surface area contributed by atoms with Gasteiger partial charge in [0.15, 0.2) is 0 Å². The average molecular weight is 354 g/mol. The van der Waals surface area contributed by atoms with Crippen LogP contribution in [0.3, 0.4) is 0 Å². The number of hydrazone groups is 1. The number of aromatic nitrogens is 1. The first-order valence-electron chi connectivity index (χ1n) is 8.42. The summed E-state index contributed by atoms with van der Waals surface area (Å²) >= 11 is 0. The number of nitrogens with zero attached hydrogens (tertiary/aromatic N) is 3. The van der Waals surface area contributed by atoms with E-state index in [1.54, 1.807) is 23.2 Å². The highest BCUT2D eigenvalue weighted by atomic mass is 19.1. The molecular weight excluding hydrogens is 335 g/mol. The first-order valence-corrected chi connectivity index (χ1v) is 8.42. The lowest BCUT2D eigenvalue weighted by atomic mass is 9.95. The third-order valence-electron chi connectivity index (χ3n) is 4.30. The van der Waals surface area contributed by atoms with Gasteiger partial charge in [0.1, 0.15) is 5.82 Å². The van der Waals surface area contributed by atoms with Crippen LogP contribution >= 0.6 is 0 Å². The lowest BCUT2D eigenvalue weighted by Gasteiger charge is -2.31. The van der Waals surface area contributed by atoms with Crippen LogP contribution in [0, 0.1) is 11.7 Å². The molecule has 2 aromatic rings. The summed E-state index contributed by atoms with van der Waals surface area (Å²) in [5.74, 6) is -0.862. The van der Waals surface area contributed by atoms with Crippen molar-refractivity contribution in [3.63, 3.8) is 0 Å². The molecule has 134 valence electrons. The number of hydrogen-bond donors (Lipinski definition) is 1. The SMILES string of the molecule is O=C(NN=Cc1ccccn1)C1CCN(C(=O)c2ccc(F)cc2)CC1. The molecule has 0 bridgehead atoms. The summed E-state index contributed by atoms with van der Waals surface area (Å²) in [5.41, 5.74) is 3.64. The minimum atomic E-state index is -0.372. The Morgan fingerprint density at radius 2 is 1.88 bits per heavy atom. The molecule has 0 radical (unpaired) electrons. The standard InChI is InChI=1S/C19H19FN4O2/c20-16-6-4-15(5-7-16)19(26)24-11-8-14(9-12-24)18(25)23-22-13-17-3-1-2-10-21-17/h1-7,10,13-14H,8-9,11-12H2,(H,23,25). The first kappa shape index (κ1) is 17.7. The molecule has 7 heteroatoms. The molecule has 2 amide bonds. The first-order chi connectivity index (χ1) is 12.6. The molecule has 1 aliphatic rings. The van der Waals surface area contributed by atoms with Crippen molar-refractivity contribution in [1.29, 1.82) is 0 Å². The number of likely N-dealkylation sites (tertiary alicyclic amines) is 1. The second-order valence-electron chi connectivity index (χ2n) is 6.06. The molecule has 6 nitrogen and oxygen atoms in total. The molecule has 1 saturated heterocycles. The summed E-state index contributed by atoms with van der Waals surface area (Å²) in [6, 6.07) is 10.9. The molecule has 0 atom stereocenters. The lowest BCUT2D eigenvalue weighted by molar-refractivity contribution is -0.126. The van der Waals surface area contributed by atoms with Crippen LogP contribution in [-0.2, 0) is 4.79 Å². The maximum absolute atomic E-state index is 13.0. The number of pyridine rings is 1. The molecule has 1 aromatic heterocycles. The van der Waals surface area contributed by atoms with Crippen molar-refractivity contribution in [3.05, 3.63) is 65.7 Å². The van der Waals surface area contributed by atoms with Crippen molar-refractivity contribution in [2.24, 2.45) is 11.0 Å². The highest BCUT2D eigenvalue weighted by Gasteiger charge is 2.27. The van der Waals surface area contributed by atoms with E-state index in [-0.39, 0.29) is 23.5 Å². The number of hydrogen-bond acceptors (Lipinski definition) is 4. The van der Waals surface area contributed by atoms with Gasteiger partial charge in [-0.2, -0.15) is 5.10 Å². The second-order valence-corrected chi connectivity index (χ2v) is 6.06. The summed E-state index contributed by atoms with van der Waals surface area (Å²) in [7, 11) is 0. The molecule has 3 rings (SSSR count). The van der Waals surface area contributed by atoms with E-state index in [0.29, 0.717) is 37.2 Å². The zero-order valence-electron chi connectivity index (χ0n) is 14.1. The van der Waals surface area contributed by atoms with Crippen molar-refractivity contribution in [3.8, 4) is 0 Å². The van der Waals surface area contributed by atoms with Gasteiger partial charge in [-0.15, -0.1) is 0 Å². The third kappa shape index (κ3) is 4.50. The van der Waals surface area contributed by atoms with E-state index in [9.17, 15) is 14.0 Å². The van der Waals surface area contributed by atoms with Gasteiger partial charge in [0, 0.05) is 30.8 Å². The third-order valence-corrected chi connectivity index (χ3v) is 4.30. The zero-order valence-corrected chi connectivity index (χ0v) is 14.1. The summed E-state index contributed by atoms with van der Waals surface area (Å²) in [6.45, 7) is 0.969. The topological polar surface area (TPSA) is 74.7 Å². The Balaban J connectivity index is 1.48. The van der Waals surface area contributed by atoms with Crippen LogP contribution in [0.25, 0.3) is 0 Å². The van der Waals surface area contributed by atoms with Crippen LogP contribution in [0.4, 0.5) is 4.39 Å². The van der Waals surface area contributed by atoms with E-state index in [1.165, 1.54) is 30.5 Å². The average Bonchev–Trinajstić information content (AvgIpc) is 2.69. The molecule has 1 aliphatic heterocycles. The monoisotopic (exact) mass is 354 g/mol. The van der Waals surface area contributed by atoms with E-state index >= 15 is 0 Å². The molecule has 1 fully saturated rings. The number of carbonyl (C=O) groups is 2. The van der Waals surface area contributed by atoms with Crippen LogP contribution in [0.15, 0.2) is 53.8 Å². The maximum atomic E-state index is 13.0. The van der Waals surface area contributed by atoms with Gasteiger partial charge >= 0.3 is 0 Å². The van der Waals surface area contributed by atoms with Crippen LogP contribution < -0.4 is 5.43 Å². The van der Waals surface area contributed by atoms with Crippen molar-refractivity contribution in [2.45, 2.75) is 12.8 Å². The van der Waals surface area contributed by atoms with Gasteiger partial charge in [-0.3, -0.25) is 14.6 Å². The number of nitrogens with one attached hydrogen (secondary N) is 1. The summed E-state index contributed by atoms with van der Waals surface area (Å²) < 4.78 is 13.0. The van der Waals surface area contributed by atoms with E-state index in [2.05, 4.69) is 15.5 Å². The van der Waals surface area contributed by atoms with E-state index in [0.717, 1.165) is 0 Å². The van der Waals surface area contributed by atoms with Crippen LogP contribution in [-0.4, -0.2) is 41.0 Å². The van der Waals surface area contributed by atoms with Gasteiger partial charge < -0.3 is 4.90 Å². The minimum Gasteiger partial charge on any atom is -0.339 e. The number of halogens is 1. The molecule has 0 unspecified atom stereocenters. The van der Waals surface area contributed by atoms with Crippen molar-refractivity contribution < 1.29 is 14.0 Å². The molecule has 1 N–H and O–H groups in total. The second kappa shape index (κ2) is 8.33. The van der Waals surface area contributed by atoms with Crippen LogP contribution in [0.1, 0.15) is 28.9 Å². The van der Waals surface area contributed by atoms with Gasteiger partial charge in [-0.1, -0.05) is 6.07 Å². The fraction of sp³-hybridized carbons (Fsp3) is 0.263. The van der Waals surface area contributed by atoms with Crippen molar-refractivity contribution in [1.82, 2.24) is 15.3 Å². The Morgan fingerprint density at radius 1 is 1.15 bits per heavy atom. The summed E-state index contributed by atoms with van der Waals surface area (Å²) in [4.78, 5) is 30.3. The smallest absolute Gasteiger partial charge is 0.253 e. The summed E-state index contributed by atoms with van der Waals surface area (Å²) in [5, 5.41) is 3.92. The maximum Gasteiger partial charge on any atom is 0.253 e. The van der Waals surface area contributed by atoms with Crippen molar-refractivity contribution >= 4 is 18.0 Å². The van der Waals surface area contributed by atoms with Crippen molar-refractivity contribution in [2.75, 3.05) is 13.1 Å². The minimum absolute atomic E-state index is 0.142. The number of amides is 2. The Bertz CT molecular complexity index is 785. The van der Waals surface area contributed by atoms with E-state index in [1.807, 2.05) is 6.07 Å². The highest BCUT2D eigenvalue weighted by molar-refractivity contribution is 5.94. The van der Waals surface area contributed by atoms with Gasteiger partial charge in [0.25, 0.3) is 5.91 Å². The quantitative estimate of drug-likeness (QED) is 0.676. The fourth-order valence-electron chi connectivity index (χ4n) is 2.83. The van der Waals surface area contributed by atoms with E-state index < -0.39 is 0 Å². The number of rotatable bonds is 4. The van der Waals surface area contributed by atoms with Crippen LogP contribution in [0.5, 0.6) is 0 Å². The fourth-order valence-corrected chi connectivity index (χ4v) is 2.83. The predicted molar refractivity (Wildman–Crippen MR) is 95.0 cm³/mol. The molecule has 0 spiro atoms. The molecule has 0 saturated carbocycles. The molecule has 1 aromatic carbocycles. The van der Waals surface area contributed by atoms with E-state index in [4.69, 9.17) is 0 Å². The molecular formula is C19H19FN4O2. The zero-order chi connectivity index (χ0) is 18.4. The largest absolute Gasteiger partial charge is 0.339 e. The molecule has 26 heavy (non-hydrogen) atoms. The van der Waals surface area contributed by atoms with Crippen LogP contribution in [0.2, 0.25) is 0 Å². The number of benzene rings is 1. The molecule has 2 heterocycles. The molecule has 0 aliphatic carbocycles. The summed E-state index contributed by atoms with van der Waals surface area (Å²) in [6.07, 6.45) is 4.28. The predicted octanol–water partition coefficient (Wildman–Crippen LogP) is 2.22. The normalized spacial score (nSPS) is 15.2. The van der Waals surface area contributed by atoms with Gasteiger partial charge in [0.05, 0.1) is 11.9 Å². The Labute approximate surface area is 150 Å². The number of carbonyl (C=O) groups excluding carboxylic acids is 2. The van der Waals surface area contributed by atoms with Gasteiger partial charge in [-0.25, -0.2) is 9.82 Å². The number of piperidine rings is 1. The lowest BCUT2D eigenvalue weighted by Crippen LogP contribution is -2.42. The Kier molecular flexibility index (Phi) is 5.68.